The molecule has 0 amide bonds. The second-order valence-electron chi connectivity index (χ2n) is 9.82. The number of carbonyl (C=O) groups is 3. The van der Waals surface area contributed by atoms with Crippen LogP contribution in [0.25, 0.3) is 0 Å². The number of carboxylic acid groups (broad SMARTS) is 1. The van der Waals surface area contributed by atoms with Crippen LogP contribution in [-0.4, -0.2) is 28.9 Å². The average Bonchev–Trinajstić information content (AvgIpc) is 2.71. The van der Waals surface area contributed by atoms with Gasteiger partial charge in [0, 0.05) is 17.9 Å². The Morgan fingerprint density at radius 2 is 1.97 bits per heavy atom. The van der Waals surface area contributed by atoms with E-state index in [1.807, 2.05) is 19.9 Å². The minimum absolute atomic E-state index is 0.0775. The summed E-state index contributed by atoms with van der Waals surface area (Å²) in [5.74, 6) is -1.31. The summed E-state index contributed by atoms with van der Waals surface area (Å²) in [5, 5.41) is 9.87. The monoisotopic (exact) mass is 442 g/mol. The first-order valence-electron chi connectivity index (χ1n) is 11.7. The first kappa shape index (κ1) is 25.8. The van der Waals surface area contributed by atoms with E-state index in [0.29, 0.717) is 30.3 Å². The maximum atomic E-state index is 12.5. The highest BCUT2D eigenvalue weighted by atomic mass is 16.5. The van der Waals surface area contributed by atoms with Crippen molar-refractivity contribution in [3.8, 4) is 0 Å². The normalized spacial score (nSPS) is 30.0. The van der Waals surface area contributed by atoms with Gasteiger partial charge in [0.15, 0.2) is 5.78 Å². The minimum atomic E-state index is -0.889. The van der Waals surface area contributed by atoms with E-state index in [-0.39, 0.29) is 18.1 Å². The summed E-state index contributed by atoms with van der Waals surface area (Å²) in [6, 6.07) is 0. The first-order chi connectivity index (χ1) is 15.0. The molecule has 0 aromatic carbocycles. The number of aliphatic carboxylic acids is 1. The van der Waals surface area contributed by atoms with E-state index < -0.39 is 29.4 Å². The molecule has 32 heavy (non-hydrogen) atoms. The summed E-state index contributed by atoms with van der Waals surface area (Å²) in [6.07, 6.45) is 11.1. The van der Waals surface area contributed by atoms with Crippen molar-refractivity contribution in [2.45, 2.75) is 72.8 Å². The predicted molar refractivity (Wildman–Crippen MR) is 126 cm³/mol. The molecule has 2 aliphatic carbocycles. The van der Waals surface area contributed by atoms with Crippen molar-refractivity contribution in [2.24, 2.45) is 29.1 Å². The number of hydrogen-bond donors (Lipinski definition) is 1. The maximum Gasteiger partial charge on any atom is 0.331 e. The summed E-state index contributed by atoms with van der Waals surface area (Å²) in [6.45, 7) is 14.3. The molecule has 1 fully saturated rings. The Balaban J connectivity index is 2.15. The van der Waals surface area contributed by atoms with Crippen LogP contribution in [0.3, 0.4) is 0 Å². The first-order valence-corrected chi connectivity index (χ1v) is 11.7. The van der Waals surface area contributed by atoms with Crippen molar-refractivity contribution in [1.82, 2.24) is 0 Å². The highest BCUT2D eigenvalue weighted by Gasteiger charge is 2.55. The van der Waals surface area contributed by atoms with Gasteiger partial charge in [-0.25, -0.2) is 4.79 Å². The van der Waals surface area contributed by atoms with E-state index in [9.17, 15) is 19.5 Å². The molecular formula is C27H38O5. The Bertz CT molecular complexity index is 833. The molecule has 5 heteroatoms. The number of carboxylic acids is 1. The van der Waals surface area contributed by atoms with E-state index in [2.05, 4.69) is 33.4 Å². The molecule has 1 saturated carbocycles. The molecule has 176 valence electrons. The van der Waals surface area contributed by atoms with Crippen LogP contribution in [0.15, 0.2) is 48.1 Å². The molecular weight excluding hydrogens is 404 g/mol. The molecule has 0 saturated heterocycles. The predicted octanol–water partition coefficient (Wildman–Crippen LogP) is 5.68. The fourth-order valence-corrected chi connectivity index (χ4v) is 5.30. The zero-order valence-corrected chi connectivity index (χ0v) is 20.1. The second-order valence-corrected chi connectivity index (χ2v) is 9.82. The van der Waals surface area contributed by atoms with Crippen molar-refractivity contribution in [1.29, 1.82) is 0 Å². The molecule has 0 heterocycles. The lowest BCUT2D eigenvalue weighted by atomic mass is 9.53. The summed E-state index contributed by atoms with van der Waals surface area (Å²) < 4.78 is 5.72. The Hall–Kier alpha value is -2.43. The molecule has 0 aromatic heterocycles. The van der Waals surface area contributed by atoms with Gasteiger partial charge in [-0.3, -0.25) is 9.59 Å². The highest BCUT2D eigenvalue weighted by molar-refractivity contribution is 5.93. The molecule has 2 rings (SSSR count). The summed E-state index contributed by atoms with van der Waals surface area (Å²) >= 11 is 0. The third-order valence-corrected chi connectivity index (χ3v) is 7.26. The van der Waals surface area contributed by atoms with Gasteiger partial charge in [-0.1, -0.05) is 64.5 Å². The van der Waals surface area contributed by atoms with Crippen molar-refractivity contribution < 1.29 is 24.2 Å². The van der Waals surface area contributed by atoms with Gasteiger partial charge in [0.2, 0.25) is 0 Å². The van der Waals surface area contributed by atoms with Crippen LogP contribution in [0, 0.1) is 29.1 Å². The highest BCUT2D eigenvalue weighted by Crippen LogP contribution is 2.55. The molecule has 0 aliphatic heterocycles. The quantitative estimate of drug-likeness (QED) is 0.215. The Morgan fingerprint density at radius 1 is 1.28 bits per heavy atom. The molecule has 6 atom stereocenters. The van der Waals surface area contributed by atoms with Crippen LogP contribution in [0.4, 0.5) is 0 Å². The summed E-state index contributed by atoms with van der Waals surface area (Å²) in [7, 11) is 0. The van der Waals surface area contributed by atoms with Gasteiger partial charge in [-0.2, -0.15) is 0 Å². The van der Waals surface area contributed by atoms with Crippen molar-refractivity contribution in [3.05, 3.63) is 48.1 Å². The third-order valence-electron chi connectivity index (χ3n) is 7.26. The smallest absolute Gasteiger partial charge is 0.331 e. The molecule has 2 aliphatic rings. The molecule has 1 N–H and O–H groups in total. The van der Waals surface area contributed by atoms with Crippen LogP contribution >= 0.6 is 0 Å². The van der Waals surface area contributed by atoms with Crippen LogP contribution in [-0.2, 0) is 19.1 Å². The number of ketones is 1. The van der Waals surface area contributed by atoms with E-state index in [4.69, 9.17) is 4.74 Å². The lowest BCUT2D eigenvalue weighted by Crippen LogP contribution is -2.51. The van der Waals surface area contributed by atoms with Gasteiger partial charge in [-0.05, 0) is 55.6 Å². The molecule has 0 aromatic rings. The van der Waals surface area contributed by atoms with Gasteiger partial charge in [0.1, 0.15) is 6.10 Å². The lowest BCUT2D eigenvalue weighted by Gasteiger charge is -2.51. The molecule has 0 bridgehead atoms. The Labute approximate surface area is 192 Å². The molecule has 0 spiro atoms. The Morgan fingerprint density at radius 3 is 2.56 bits per heavy atom. The van der Waals surface area contributed by atoms with Crippen molar-refractivity contribution in [2.75, 3.05) is 0 Å². The van der Waals surface area contributed by atoms with Crippen LogP contribution in [0.1, 0.15) is 66.7 Å². The third kappa shape index (κ3) is 5.87. The van der Waals surface area contributed by atoms with Crippen LogP contribution in [0.2, 0.25) is 0 Å². The standard InChI is InChI=1S/C27H38O5/c1-7-18(4)14-19(5)10-8-9-11-25(29)32-24-13-12-21(26(30)31)27(6)22(17(2)3)15-20(28)16-23(24)27/h8-11,16,18-19,21-22,24H,2,7,12-15H2,1,3-6H3,(H,30,31)/b10-8+,11-9+/t18?,19?,21-,22-,24-,27+/m1/s1. The zero-order chi connectivity index (χ0) is 24.1. The van der Waals surface area contributed by atoms with Crippen molar-refractivity contribution in [3.63, 3.8) is 0 Å². The van der Waals surface area contributed by atoms with Gasteiger partial charge in [-0.15, -0.1) is 0 Å². The topological polar surface area (TPSA) is 80.7 Å². The number of hydrogen-bond acceptors (Lipinski definition) is 4. The zero-order valence-electron chi connectivity index (χ0n) is 20.1. The van der Waals surface area contributed by atoms with Gasteiger partial charge in [0.05, 0.1) is 5.92 Å². The Kier molecular flexibility index (Phi) is 8.82. The fourth-order valence-electron chi connectivity index (χ4n) is 5.30. The number of esters is 1. The van der Waals surface area contributed by atoms with Crippen LogP contribution in [0.5, 0.6) is 0 Å². The van der Waals surface area contributed by atoms with Gasteiger partial charge >= 0.3 is 11.9 Å². The van der Waals surface area contributed by atoms with E-state index in [1.54, 1.807) is 6.08 Å². The number of allylic oxidation sites excluding steroid dienone is 5. The van der Waals surface area contributed by atoms with Crippen molar-refractivity contribution >= 4 is 17.7 Å². The molecule has 0 radical (unpaired) electrons. The lowest BCUT2D eigenvalue weighted by molar-refractivity contribution is -0.153. The number of rotatable bonds is 9. The molecule has 5 nitrogen and oxygen atoms in total. The van der Waals surface area contributed by atoms with Gasteiger partial charge in [0.25, 0.3) is 0 Å². The number of fused-ring (bicyclic) bond motifs is 1. The van der Waals surface area contributed by atoms with Gasteiger partial charge < -0.3 is 9.84 Å². The van der Waals surface area contributed by atoms with E-state index in [0.717, 1.165) is 18.4 Å². The number of ether oxygens (including phenoxy) is 1. The SMILES string of the molecule is C=C(C)[C@H]1CC(=O)C=C2[C@H](OC(=O)/C=C/C=C/C(C)CC(C)CC)CC[C@H](C(=O)O)[C@]21C. The second kappa shape index (κ2) is 10.9. The number of carbonyl (C=O) groups excluding carboxylic acids is 2. The van der Waals surface area contributed by atoms with Crippen LogP contribution < -0.4 is 0 Å². The largest absolute Gasteiger partial charge is 0.481 e. The average molecular weight is 443 g/mol. The fraction of sp³-hybridized carbons (Fsp3) is 0.593. The molecule has 2 unspecified atom stereocenters. The van der Waals surface area contributed by atoms with E-state index in [1.165, 1.54) is 12.2 Å². The summed E-state index contributed by atoms with van der Waals surface area (Å²) in [4.78, 5) is 36.9. The minimum Gasteiger partial charge on any atom is -0.481 e. The summed E-state index contributed by atoms with van der Waals surface area (Å²) in [5.41, 5.74) is 0.588. The van der Waals surface area contributed by atoms with E-state index >= 15 is 0 Å². The maximum absolute atomic E-state index is 12.5.